The first-order valence-corrected chi connectivity index (χ1v) is 5.37. The molecule has 0 aliphatic carbocycles. The lowest BCUT2D eigenvalue weighted by atomic mass is 10.2. The van der Waals surface area contributed by atoms with Gasteiger partial charge in [0.05, 0.1) is 32.0 Å². The molecule has 2 atom stereocenters. The summed E-state index contributed by atoms with van der Waals surface area (Å²) in [6.45, 7) is 5.34. The maximum Gasteiger partial charge on any atom is 0.0813 e. The van der Waals surface area contributed by atoms with E-state index in [2.05, 4.69) is 0 Å². The van der Waals surface area contributed by atoms with Crippen molar-refractivity contribution in [3.05, 3.63) is 0 Å². The van der Waals surface area contributed by atoms with Crippen LogP contribution in [-0.4, -0.2) is 45.2 Å². The first-order valence-electron chi connectivity index (χ1n) is 5.37. The largest absolute Gasteiger partial charge is 0.379 e. The lowest BCUT2D eigenvalue weighted by Crippen LogP contribution is -2.23. The van der Waals surface area contributed by atoms with E-state index in [0.717, 1.165) is 19.4 Å². The van der Waals surface area contributed by atoms with Crippen molar-refractivity contribution in [3.63, 3.8) is 0 Å². The first-order chi connectivity index (χ1) is 6.86. The molecule has 0 aromatic heterocycles. The van der Waals surface area contributed by atoms with Gasteiger partial charge in [-0.3, -0.25) is 0 Å². The molecule has 1 aliphatic heterocycles. The number of nitrogens with two attached hydrogens (primary N) is 1. The van der Waals surface area contributed by atoms with E-state index in [0.29, 0.717) is 26.4 Å². The van der Waals surface area contributed by atoms with Gasteiger partial charge < -0.3 is 19.9 Å². The first kappa shape index (κ1) is 11.9. The van der Waals surface area contributed by atoms with Gasteiger partial charge in [0.1, 0.15) is 0 Å². The average Bonchev–Trinajstić information content (AvgIpc) is 2.65. The van der Waals surface area contributed by atoms with Crippen LogP contribution in [0.4, 0.5) is 0 Å². The molecule has 2 N–H and O–H groups in total. The molecule has 1 heterocycles. The van der Waals surface area contributed by atoms with Crippen LogP contribution in [0.1, 0.15) is 19.8 Å². The van der Waals surface area contributed by atoms with Crippen LogP contribution >= 0.6 is 0 Å². The van der Waals surface area contributed by atoms with Crippen molar-refractivity contribution in [2.24, 2.45) is 5.73 Å². The lowest BCUT2D eigenvalue weighted by Gasteiger charge is -2.12. The van der Waals surface area contributed by atoms with Crippen molar-refractivity contribution in [2.75, 3.05) is 33.0 Å². The second-order valence-corrected chi connectivity index (χ2v) is 3.46. The maximum atomic E-state index is 5.63. The fourth-order valence-corrected chi connectivity index (χ4v) is 1.55. The zero-order valence-electron chi connectivity index (χ0n) is 8.91. The van der Waals surface area contributed by atoms with Crippen molar-refractivity contribution >= 4 is 0 Å². The van der Waals surface area contributed by atoms with E-state index < -0.39 is 0 Å². The molecule has 0 amide bonds. The SMILES string of the molecule is CCOCCOCC1CCC(CN)O1. The summed E-state index contributed by atoms with van der Waals surface area (Å²) in [5, 5.41) is 0. The zero-order valence-corrected chi connectivity index (χ0v) is 8.91. The van der Waals surface area contributed by atoms with Gasteiger partial charge in [-0.2, -0.15) is 0 Å². The Balaban J connectivity index is 1.92. The molecule has 0 saturated carbocycles. The van der Waals surface area contributed by atoms with E-state index in [4.69, 9.17) is 19.9 Å². The Morgan fingerprint density at radius 3 is 2.57 bits per heavy atom. The van der Waals surface area contributed by atoms with Gasteiger partial charge in [0.25, 0.3) is 0 Å². The normalized spacial score (nSPS) is 27.0. The molecule has 84 valence electrons. The molecule has 0 spiro atoms. The van der Waals surface area contributed by atoms with Crippen LogP contribution in [-0.2, 0) is 14.2 Å². The highest BCUT2D eigenvalue weighted by Gasteiger charge is 2.23. The second kappa shape index (κ2) is 7.17. The summed E-state index contributed by atoms with van der Waals surface area (Å²) in [7, 11) is 0. The fraction of sp³-hybridized carbons (Fsp3) is 1.00. The van der Waals surface area contributed by atoms with Crippen LogP contribution in [0, 0.1) is 0 Å². The highest BCUT2D eigenvalue weighted by molar-refractivity contribution is 4.73. The van der Waals surface area contributed by atoms with Crippen LogP contribution in [0.3, 0.4) is 0 Å². The monoisotopic (exact) mass is 203 g/mol. The Kier molecular flexibility index (Phi) is 6.10. The predicted molar refractivity (Wildman–Crippen MR) is 54.3 cm³/mol. The minimum Gasteiger partial charge on any atom is -0.379 e. The van der Waals surface area contributed by atoms with Gasteiger partial charge in [-0.1, -0.05) is 0 Å². The summed E-state index contributed by atoms with van der Waals surface area (Å²) in [4.78, 5) is 0. The summed E-state index contributed by atoms with van der Waals surface area (Å²) in [5.41, 5.74) is 5.50. The minimum absolute atomic E-state index is 0.241. The van der Waals surface area contributed by atoms with Crippen molar-refractivity contribution in [2.45, 2.75) is 32.0 Å². The van der Waals surface area contributed by atoms with Crippen molar-refractivity contribution < 1.29 is 14.2 Å². The van der Waals surface area contributed by atoms with Gasteiger partial charge in [0.15, 0.2) is 0 Å². The zero-order chi connectivity index (χ0) is 10.2. The highest BCUT2D eigenvalue weighted by atomic mass is 16.6. The molecule has 0 bridgehead atoms. The third kappa shape index (κ3) is 4.37. The summed E-state index contributed by atoms with van der Waals surface area (Å²) in [6, 6.07) is 0. The van der Waals surface area contributed by atoms with E-state index in [1.54, 1.807) is 0 Å². The summed E-state index contributed by atoms with van der Waals surface area (Å²) >= 11 is 0. The minimum atomic E-state index is 0.241. The van der Waals surface area contributed by atoms with E-state index in [1.165, 1.54) is 0 Å². The summed E-state index contributed by atoms with van der Waals surface area (Å²) in [5.74, 6) is 0. The molecular weight excluding hydrogens is 182 g/mol. The van der Waals surface area contributed by atoms with E-state index in [9.17, 15) is 0 Å². The second-order valence-electron chi connectivity index (χ2n) is 3.46. The molecule has 1 saturated heterocycles. The smallest absolute Gasteiger partial charge is 0.0813 e. The third-order valence-electron chi connectivity index (χ3n) is 2.34. The molecule has 0 aromatic rings. The number of hydrogen-bond donors (Lipinski definition) is 1. The van der Waals surface area contributed by atoms with E-state index in [1.807, 2.05) is 6.92 Å². The molecule has 1 rings (SSSR count). The molecule has 4 heteroatoms. The molecule has 0 aromatic carbocycles. The standard InChI is InChI=1S/C10H21NO3/c1-2-12-5-6-13-8-10-4-3-9(7-11)14-10/h9-10H,2-8,11H2,1H3. The summed E-state index contributed by atoms with van der Waals surface area (Å²) < 4.78 is 16.2. The lowest BCUT2D eigenvalue weighted by molar-refractivity contribution is -0.0257. The Labute approximate surface area is 85.7 Å². The molecule has 0 radical (unpaired) electrons. The van der Waals surface area contributed by atoms with Gasteiger partial charge in [-0.25, -0.2) is 0 Å². The molecule has 4 nitrogen and oxygen atoms in total. The van der Waals surface area contributed by atoms with Crippen LogP contribution in [0.5, 0.6) is 0 Å². The average molecular weight is 203 g/mol. The van der Waals surface area contributed by atoms with Crippen molar-refractivity contribution in [3.8, 4) is 0 Å². The van der Waals surface area contributed by atoms with Gasteiger partial charge in [-0.15, -0.1) is 0 Å². The number of rotatable bonds is 7. The summed E-state index contributed by atoms with van der Waals surface area (Å²) in [6.07, 6.45) is 2.62. The Bertz CT molecular complexity index is 143. The van der Waals surface area contributed by atoms with Crippen LogP contribution in [0.15, 0.2) is 0 Å². The molecule has 2 unspecified atom stereocenters. The molecule has 14 heavy (non-hydrogen) atoms. The molecule has 1 fully saturated rings. The van der Waals surface area contributed by atoms with Gasteiger partial charge >= 0.3 is 0 Å². The van der Waals surface area contributed by atoms with Gasteiger partial charge in [0.2, 0.25) is 0 Å². The van der Waals surface area contributed by atoms with Crippen LogP contribution < -0.4 is 5.73 Å². The maximum absolute atomic E-state index is 5.63. The third-order valence-corrected chi connectivity index (χ3v) is 2.34. The van der Waals surface area contributed by atoms with Crippen molar-refractivity contribution in [1.82, 2.24) is 0 Å². The van der Waals surface area contributed by atoms with Crippen LogP contribution in [0.25, 0.3) is 0 Å². The topological polar surface area (TPSA) is 53.7 Å². The fourth-order valence-electron chi connectivity index (χ4n) is 1.55. The Morgan fingerprint density at radius 2 is 1.93 bits per heavy atom. The Hall–Kier alpha value is -0.160. The molecule has 1 aliphatic rings. The predicted octanol–water partition coefficient (Wildman–Crippen LogP) is 0.546. The highest BCUT2D eigenvalue weighted by Crippen LogP contribution is 2.18. The molecular formula is C10H21NO3. The number of hydrogen-bond acceptors (Lipinski definition) is 4. The van der Waals surface area contributed by atoms with Gasteiger partial charge in [-0.05, 0) is 19.8 Å². The van der Waals surface area contributed by atoms with Crippen LogP contribution in [0.2, 0.25) is 0 Å². The van der Waals surface area contributed by atoms with E-state index in [-0.39, 0.29) is 12.2 Å². The Morgan fingerprint density at radius 1 is 1.21 bits per heavy atom. The number of ether oxygens (including phenoxy) is 3. The van der Waals surface area contributed by atoms with Crippen molar-refractivity contribution in [1.29, 1.82) is 0 Å². The quantitative estimate of drug-likeness (QED) is 0.614. The van der Waals surface area contributed by atoms with E-state index >= 15 is 0 Å². The van der Waals surface area contributed by atoms with Gasteiger partial charge in [0, 0.05) is 13.2 Å².